The molecule has 142 heavy (non-hydrogen) atoms. The summed E-state index contributed by atoms with van der Waals surface area (Å²) in [6.45, 7) is 0. The van der Waals surface area contributed by atoms with Crippen LogP contribution in [0.3, 0.4) is 0 Å². The minimum atomic E-state index is 0.922. The highest BCUT2D eigenvalue weighted by molar-refractivity contribution is 6.32. The number of pyridine rings is 4. The van der Waals surface area contributed by atoms with Crippen LogP contribution in [0.15, 0.2) is 497 Å². The van der Waals surface area contributed by atoms with Gasteiger partial charge in [-0.1, -0.05) is 425 Å². The first-order valence-electron chi connectivity index (χ1n) is 48.9. The number of para-hydroxylation sites is 3. The fourth-order valence-electron chi connectivity index (χ4n) is 23.6. The molecule has 30 rings (SSSR count). The summed E-state index contributed by atoms with van der Waals surface area (Å²) in [6, 6.07) is 182. The van der Waals surface area contributed by atoms with Crippen LogP contribution in [0.4, 0.5) is 0 Å². The molecule has 4 heterocycles. The molecule has 0 N–H and O–H groups in total. The molecular formula is C138H82N4. The molecule has 4 nitrogen and oxygen atoms in total. The average Bonchev–Trinajstić information content (AvgIpc) is 0.725. The van der Waals surface area contributed by atoms with Crippen LogP contribution in [0, 0.1) is 0 Å². The summed E-state index contributed by atoms with van der Waals surface area (Å²) in [5.74, 6) is 0. The first kappa shape index (κ1) is 80.5. The maximum atomic E-state index is 5.67. The largest absolute Gasteiger partial charge is 0.248 e. The van der Waals surface area contributed by atoms with Gasteiger partial charge in [0.1, 0.15) is 0 Å². The maximum Gasteiger partial charge on any atom is 0.0794 e. The van der Waals surface area contributed by atoms with Gasteiger partial charge < -0.3 is 0 Å². The summed E-state index contributed by atoms with van der Waals surface area (Å²) in [6.07, 6.45) is 0. The topological polar surface area (TPSA) is 51.6 Å². The molecule has 0 saturated carbocycles. The third kappa shape index (κ3) is 12.9. The highest BCUT2D eigenvalue weighted by Gasteiger charge is 2.25. The Morgan fingerprint density at radius 2 is 0.303 bits per heavy atom. The van der Waals surface area contributed by atoms with Gasteiger partial charge in [-0.2, -0.15) is 0 Å². The van der Waals surface area contributed by atoms with Gasteiger partial charge in [0.2, 0.25) is 0 Å². The number of hydrogen-bond donors (Lipinski definition) is 0. The van der Waals surface area contributed by atoms with Crippen LogP contribution < -0.4 is 0 Å². The molecule has 0 saturated heterocycles. The van der Waals surface area contributed by atoms with Crippen molar-refractivity contribution in [3.8, 4) is 101 Å². The molecule has 0 amide bonds. The quantitative estimate of drug-likeness (QED) is 0.107. The Kier molecular flexibility index (Phi) is 18.4. The summed E-state index contributed by atoms with van der Waals surface area (Å²) < 4.78 is 0. The fraction of sp³-hybridized carbons (Fsp3) is 0. The van der Waals surface area contributed by atoms with Crippen LogP contribution in [0.25, 0.3) is 306 Å². The smallest absolute Gasteiger partial charge is 0.0794 e. The highest BCUT2D eigenvalue weighted by atomic mass is 14.7. The SMILES string of the molecule is c1ccc(-c2cc(-c3ccc(-c4cc(-c5ccc6c7ccccc7c7ccccc7c6c5)c5cc(-c6ccc7c8ccccc8c8ccccc8c7c6)c6ccccc6c5n4)cc3)nc3ccccc23)cc1.c1ccc2c(-c3ccc(-c4cc(-c5ccc6c7ccccc7c7ccccc7c6c5)c5cc(-c6ccc7c8ccccc8c8ccccc8c7c6)c6ccccc6c5n4)cc3)c3ccccc3nc2c1. The lowest BCUT2D eigenvalue weighted by molar-refractivity contribution is 1.38. The number of fused-ring (bicyclic) bond motifs is 33. The van der Waals surface area contributed by atoms with Crippen LogP contribution in [0.2, 0.25) is 0 Å². The van der Waals surface area contributed by atoms with E-state index >= 15 is 0 Å². The predicted octanol–water partition coefficient (Wildman–Crippen LogP) is 37.9. The predicted molar refractivity (Wildman–Crippen MR) is 606 cm³/mol. The minimum absolute atomic E-state index is 0.922. The highest BCUT2D eigenvalue weighted by Crippen LogP contribution is 2.50. The van der Waals surface area contributed by atoms with Gasteiger partial charge in [-0.25, -0.2) is 19.9 Å². The number of benzene rings is 26. The molecule has 0 atom stereocenters. The summed E-state index contributed by atoms with van der Waals surface area (Å²) in [7, 11) is 0. The van der Waals surface area contributed by atoms with Gasteiger partial charge in [0, 0.05) is 60.0 Å². The molecule has 4 aromatic heterocycles. The van der Waals surface area contributed by atoms with E-state index in [1.165, 1.54) is 179 Å². The van der Waals surface area contributed by atoms with E-state index in [4.69, 9.17) is 19.9 Å². The van der Waals surface area contributed by atoms with Gasteiger partial charge in [-0.3, -0.25) is 0 Å². The van der Waals surface area contributed by atoms with Crippen LogP contribution in [0.5, 0.6) is 0 Å². The molecule has 654 valence electrons. The summed E-state index contributed by atoms with van der Waals surface area (Å²) in [5.41, 5.74) is 25.0. The summed E-state index contributed by atoms with van der Waals surface area (Å²) in [5, 5.41) is 40.6. The van der Waals surface area contributed by atoms with E-state index < -0.39 is 0 Å². The molecule has 0 unspecified atom stereocenters. The van der Waals surface area contributed by atoms with Crippen molar-refractivity contribution in [1.82, 2.24) is 19.9 Å². The molecule has 0 fully saturated rings. The average molecular weight is 1800 g/mol. The number of hydrogen-bond acceptors (Lipinski definition) is 4. The Morgan fingerprint density at radius 3 is 0.606 bits per heavy atom. The monoisotopic (exact) mass is 1790 g/mol. The Hall–Kier alpha value is -18.7. The van der Waals surface area contributed by atoms with Gasteiger partial charge >= 0.3 is 0 Å². The van der Waals surface area contributed by atoms with Crippen molar-refractivity contribution in [2.45, 2.75) is 0 Å². The van der Waals surface area contributed by atoms with Gasteiger partial charge in [-0.15, -0.1) is 0 Å². The normalized spacial score (nSPS) is 11.9. The Labute approximate surface area is 817 Å². The lowest BCUT2D eigenvalue weighted by atomic mass is 9.87. The molecule has 4 heteroatoms. The van der Waals surface area contributed by atoms with Crippen LogP contribution in [-0.2, 0) is 0 Å². The Balaban J connectivity index is 0.000000136. The van der Waals surface area contributed by atoms with Crippen molar-refractivity contribution < 1.29 is 0 Å². The van der Waals surface area contributed by atoms with Crippen molar-refractivity contribution in [3.05, 3.63) is 497 Å². The molecule has 0 aliphatic heterocycles. The molecule has 0 bridgehead atoms. The van der Waals surface area contributed by atoms with Gasteiger partial charge in [0.15, 0.2) is 0 Å². The van der Waals surface area contributed by atoms with Crippen molar-refractivity contribution in [2.75, 3.05) is 0 Å². The van der Waals surface area contributed by atoms with E-state index in [0.29, 0.717) is 0 Å². The summed E-state index contributed by atoms with van der Waals surface area (Å²) in [4.78, 5) is 21.5. The zero-order valence-corrected chi connectivity index (χ0v) is 77.1. The standard InChI is InChI=1S/C70H42N2.C68H40N2/c1-2-16-43(17-3-1)62-41-68(71-67-29-15-14-27-59(62)67)44-30-32-45(33-31-44)69-42-63(47-35-37-58-53-23-7-5-19-49(53)51-21-9-11-25-55(51)65(58)39-47)66-40-61(56-26-12-13-28-60(56)70(66)72-69)46-34-36-57-52-22-6-4-18-48(52)50-20-8-10-24-54(50)64(57)38-46;1-3-19-49-45(15-1)47-17-5-7-21-51(47)61-37-43(33-35-54(49)61)59-39-63-60(44-34-36-55-50-20-4-2-16-46(50)48-18-6-8-22-52(48)62(55)38-44)40-66(70-68(63)56-24-10-9-23-53(56)59)41-29-31-42(32-30-41)67-57-25-11-13-27-64(57)69-65-28-14-12-26-58(65)67/h1-42H;1-40H. The van der Waals surface area contributed by atoms with Crippen LogP contribution >= 0.6 is 0 Å². The maximum absolute atomic E-state index is 5.67. The molecule has 0 spiro atoms. The third-order valence-electron chi connectivity index (χ3n) is 30.2. The second-order valence-corrected chi connectivity index (χ2v) is 37.9. The lowest BCUT2D eigenvalue weighted by Gasteiger charge is -2.18. The van der Waals surface area contributed by atoms with Crippen molar-refractivity contribution in [3.63, 3.8) is 0 Å². The van der Waals surface area contributed by atoms with Crippen LogP contribution in [-0.4, -0.2) is 19.9 Å². The Morgan fingerprint density at radius 1 is 0.0986 bits per heavy atom. The molecule has 30 aromatic rings. The van der Waals surface area contributed by atoms with E-state index in [2.05, 4.69) is 497 Å². The van der Waals surface area contributed by atoms with Crippen molar-refractivity contribution >= 4 is 205 Å². The lowest BCUT2D eigenvalue weighted by Crippen LogP contribution is -1.94. The van der Waals surface area contributed by atoms with E-state index in [0.717, 1.165) is 127 Å². The van der Waals surface area contributed by atoms with Crippen molar-refractivity contribution in [2.24, 2.45) is 0 Å². The fourth-order valence-corrected chi connectivity index (χ4v) is 23.6. The Bertz CT molecular complexity index is 10400. The number of aromatic nitrogens is 4. The zero-order chi connectivity index (χ0) is 93.1. The minimum Gasteiger partial charge on any atom is -0.248 e. The summed E-state index contributed by atoms with van der Waals surface area (Å²) >= 11 is 0. The van der Waals surface area contributed by atoms with E-state index in [1.54, 1.807) is 0 Å². The first-order chi connectivity index (χ1) is 70.4. The third-order valence-corrected chi connectivity index (χ3v) is 30.2. The van der Waals surface area contributed by atoms with E-state index in [-0.39, 0.29) is 0 Å². The van der Waals surface area contributed by atoms with Crippen molar-refractivity contribution in [1.29, 1.82) is 0 Å². The number of nitrogens with zero attached hydrogens (tertiary/aromatic N) is 4. The second kappa shape index (κ2) is 32.5. The van der Waals surface area contributed by atoms with E-state index in [9.17, 15) is 0 Å². The first-order valence-corrected chi connectivity index (χ1v) is 48.9. The molecule has 0 aliphatic carbocycles. The molecule has 0 radical (unpaired) electrons. The molecule has 26 aromatic carbocycles. The number of rotatable bonds is 9. The van der Waals surface area contributed by atoms with Gasteiger partial charge in [0.25, 0.3) is 0 Å². The second-order valence-electron chi connectivity index (χ2n) is 37.9. The van der Waals surface area contributed by atoms with Gasteiger partial charge in [0.05, 0.1) is 44.7 Å². The zero-order valence-electron chi connectivity index (χ0n) is 77.1. The van der Waals surface area contributed by atoms with E-state index in [1.807, 2.05) is 0 Å². The molecular weight excluding hydrogens is 1710 g/mol. The van der Waals surface area contributed by atoms with Gasteiger partial charge in [-0.05, 0) is 274 Å². The van der Waals surface area contributed by atoms with Crippen LogP contribution in [0.1, 0.15) is 0 Å². The molecule has 0 aliphatic rings.